The predicted molar refractivity (Wildman–Crippen MR) is 263 cm³/mol. The molecule has 0 saturated carbocycles. The van der Waals surface area contributed by atoms with Crippen LogP contribution in [0.3, 0.4) is 0 Å². The van der Waals surface area contributed by atoms with Gasteiger partial charge in [-0.05, 0) is 87.7 Å². The molecule has 0 spiro atoms. The molecule has 8 aromatic carbocycles. The first kappa shape index (κ1) is 35.4. The van der Waals surface area contributed by atoms with Gasteiger partial charge in [0, 0.05) is 58.3 Å². The fraction of sp³-hybridized carbons (Fsp3) is 0.140. The third-order valence-corrected chi connectivity index (χ3v) is 16.1. The number of hydrogen-bond acceptors (Lipinski definition) is 4. The van der Waals surface area contributed by atoms with E-state index in [0.717, 1.165) is 28.6 Å². The van der Waals surface area contributed by atoms with Crippen LogP contribution in [0.2, 0.25) is 0 Å². The highest BCUT2D eigenvalue weighted by Gasteiger charge is 2.50. The zero-order chi connectivity index (χ0) is 41.9. The summed E-state index contributed by atoms with van der Waals surface area (Å²) in [5.41, 5.74) is 12.3. The Hall–Kier alpha value is -7.15. The van der Waals surface area contributed by atoms with Crippen molar-refractivity contribution in [2.45, 2.75) is 44.9 Å². The van der Waals surface area contributed by atoms with Crippen LogP contribution in [0.1, 0.15) is 50.8 Å². The van der Waals surface area contributed by atoms with E-state index in [0.29, 0.717) is 23.5 Å². The summed E-state index contributed by atoms with van der Waals surface area (Å²) < 4.78 is 7.37. The van der Waals surface area contributed by atoms with E-state index in [1.54, 1.807) is 0 Å². The molecule has 300 valence electrons. The Kier molecular flexibility index (Phi) is 6.90. The van der Waals surface area contributed by atoms with Crippen molar-refractivity contribution in [1.29, 1.82) is 0 Å². The molecular formula is C57H41N5S. The smallest absolute Gasteiger partial charge is 0.238 e. The first-order valence-corrected chi connectivity index (χ1v) is 22.9. The molecular weight excluding hydrogens is 787 g/mol. The van der Waals surface area contributed by atoms with E-state index in [4.69, 9.17) is 15.0 Å². The van der Waals surface area contributed by atoms with Crippen LogP contribution in [0, 0.1) is 5.92 Å². The lowest BCUT2D eigenvalue weighted by Gasteiger charge is -2.51. The Labute approximate surface area is 367 Å². The van der Waals surface area contributed by atoms with E-state index in [1.807, 2.05) is 17.4 Å². The van der Waals surface area contributed by atoms with Crippen molar-refractivity contribution in [3.63, 3.8) is 0 Å². The fourth-order valence-corrected chi connectivity index (χ4v) is 13.2. The minimum Gasteiger partial charge on any atom is -0.309 e. The monoisotopic (exact) mass is 827 g/mol. The van der Waals surface area contributed by atoms with E-state index in [9.17, 15) is 0 Å². The number of nitrogens with zero attached hydrogens (tertiary/aromatic N) is 5. The molecule has 0 amide bonds. The summed E-state index contributed by atoms with van der Waals surface area (Å²) in [5, 5.41) is 9.72. The highest BCUT2D eigenvalue weighted by Crippen LogP contribution is 2.59. The summed E-state index contributed by atoms with van der Waals surface area (Å²) in [5.74, 6) is 2.36. The first-order chi connectivity index (χ1) is 30.8. The maximum absolute atomic E-state index is 5.51. The molecule has 0 N–H and O–H groups in total. The number of thiophene rings is 1. The van der Waals surface area contributed by atoms with Crippen molar-refractivity contribution >= 4 is 85.9 Å². The van der Waals surface area contributed by atoms with Crippen LogP contribution in [0.15, 0.2) is 158 Å². The summed E-state index contributed by atoms with van der Waals surface area (Å²) in [4.78, 5) is 16.2. The number of para-hydroxylation sites is 1. The second-order valence-electron chi connectivity index (χ2n) is 18.8. The largest absolute Gasteiger partial charge is 0.309 e. The molecule has 12 aromatic rings. The van der Waals surface area contributed by atoms with Crippen molar-refractivity contribution in [3.8, 4) is 34.4 Å². The van der Waals surface area contributed by atoms with Gasteiger partial charge in [0.1, 0.15) is 0 Å². The molecule has 14 rings (SSSR count). The topological polar surface area (TPSA) is 48.5 Å². The number of hydrogen-bond donors (Lipinski definition) is 0. The highest BCUT2D eigenvalue weighted by atomic mass is 32.1. The lowest BCUT2D eigenvalue weighted by molar-refractivity contribution is 0.250. The number of benzene rings is 8. The van der Waals surface area contributed by atoms with Crippen LogP contribution in [-0.4, -0.2) is 24.1 Å². The van der Waals surface area contributed by atoms with Gasteiger partial charge in [0.2, 0.25) is 5.95 Å². The lowest BCUT2D eigenvalue weighted by Crippen LogP contribution is -2.45. The van der Waals surface area contributed by atoms with Gasteiger partial charge >= 0.3 is 0 Å². The molecule has 63 heavy (non-hydrogen) atoms. The minimum atomic E-state index is -0.125. The van der Waals surface area contributed by atoms with Gasteiger partial charge in [0.25, 0.3) is 0 Å². The summed E-state index contributed by atoms with van der Waals surface area (Å²) in [7, 11) is 0. The molecule has 1 aliphatic heterocycles. The molecule has 2 unspecified atom stereocenters. The third kappa shape index (κ3) is 4.58. The van der Waals surface area contributed by atoms with E-state index in [2.05, 4.69) is 188 Å². The summed E-state index contributed by atoms with van der Waals surface area (Å²) in [6.07, 6.45) is 1.14. The van der Waals surface area contributed by atoms with Crippen LogP contribution in [0.5, 0.6) is 0 Å². The average Bonchev–Trinajstić information content (AvgIpc) is 3.97. The Morgan fingerprint density at radius 1 is 0.540 bits per heavy atom. The van der Waals surface area contributed by atoms with E-state index in [1.165, 1.54) is 85.9 Å². The summed E-state index contributed by atoms with van der Waals surface area (Å²) in [6.45, 7) is 9.86. The van der Waals surface area contributed by atoms with Gasteiger partial charge in [-0.2, -0.15) is 9.97 Å². The molecule has 5 nitrogen and oxygen atoms in total. The maximum atomic E-state index is 5.51. The molecule has 6 heteroatoms. The first-order valence-electron chi connectivity index (χ1n) is 22.1. The molecule has 4 aromatic heterocycles. The molecule has 2 atom stereocenters. The zero-order valence-electron chi connectivity index (χ0n) is 35.4. The van der Waals surface area contributed by atoms with Gasteiger partial charge in [0.05, 0.1) is 27.8 Å². The SMILES string of the molecule is CC1CC(C)(C)c2cccc3c2C1(C)c1cccc2c4c5c6cc7ccccc7cc6n(-c6nc(-c7ccccc7)nc(-c7cccc8sc9ccccc9c78)n6)c5ccc4n-3c12. The molecule has 1 aliphatic carbocycles. The van der Waals surface area contributed by atoms with Gasteiger partial charge in [-0.3, -0.25) is 4.57 Å². The van der Waals surface area contributed by atoms with E-state index < -0.39 is 0 Å². The van der Waals surface area contributed by atoms with Crippen LogP contribution < -0.4 is 0 Å². The Balaban J connectivity index is 1.14. The summed E-state index contributed by atoms with van der Waals surface area (Å²) in [6, 6.07) is 57.7. The standard InChI is InChI=1S/C57H41N5S/c1-32-31-56(2,3)40-22-14-24-44-51(40)57(32,4)41-23-12-20-37-49-42(61(44)52(37)41)27-28-43-50(49)39-29-34-17-8-9-18-35(34)30-45(39)62(43)55-59-53(33-15-6-5-7-16-33)58-54(60-55)38-21-13-26-47-48(38)36-19-10-11-25-46(36)63-47/h5-30,32H,31H2,1-4H3. The second-order valence-corrected chi connectivity index (χ2v) is 19.8. The second kappa shape index (κ2) is 12.3. The van der Waals surface area contributed by atoms with Crippen LogP contribution in [-0.2, 0) is 10.8 Å². The Morgan fingerprint density at radius 2 is 1.21 bits per heavy atom. The predicted octanol–water partition coefficient (Wildman–Crippen LogP) is 14.9. The summed E-state index contributed by atoms with van der Waals surface area (Å²) >= 11 is 1.81. The van der Waals surface area contributed by atoms with Crippen LogP contribution in [0.25, 0.3) is 109 Å². The van der Waals surface area contributed by atoms with Gasteiger partial charge < -0.3 is 4.57 Å². The zero-order valence-corrected chi connectivity index (χ0v) is 36.3. The fourth-order valence-electron chi connectivity index (χ4n) is 12.1. The molecule has 0 radical (unpaired) electrons. The van der Waals surface area contributed by atoms with Gasteiger partial charge in [-0.1, -0.05) is 143 Å². The minimum absolute atomic E-state index is 0.0738. The van der Waals surface area contributed by atoms with Crippen molar-refractivity contribution in [3.05, 3.63) is 174 Å². The van der Waals surface area contributed by atoms with Gasteiger partial charge in [-0.15, -0.1) is 11.3 Å². The Bertz CT molecular complexity index is 3960. The molecule has 0 fully saturated rings. The normalized spacial score (nSPS) is 17.8. The average molecular weight is 828 g/mol. The quantitative estimate of drug-likeness (QED) is 0.178. The number of rotatable bonds is 3. The van der Waals surface area contributed by atoms with Crippen molar-refractivity contribution in [1.82, 2.24) is 24.1 Å². The molecule has 0 saturated heterocycles. The van der Waals surface area contributed by atoms with Gasteiger partial charge in [0.15, 0.2) is 11.6 Å². The van der Waals surface area contributed by atoms with Crippen LogP contribution in [0.4, 0.5) is 0 Å². The molecule has 5 heterocycles. The lowest BCUT2D eigenvalue weighted by atomic mass is 9.54. The third-order valence-electron chi connectivity index (χ3n) is 14.9. The maximum Gasteiger partial charge on any atom is 0.238 e. The van der Waals surface area contributed by atoms with E-state index >= 15 is 0 Å². The molecule has 0 bridgehead atoms. The van der Waals surface area contributed by atoms with Crippen LogP contribution >= 0.6 is 11.3 Å². The Morgan fingerprint density at radius 3 is 2.06 bits per heavy atom. The number of fused-ring (bicyclic) bond motifs is 13. The van der Waals surface area contributed by atoms with Crippen molar-refractivity contribution < 1.29 is 0 Å². The highest BCUT2D eigenvalue weighted by molar-refractivity contribution is 7.25. The molecule has 2 aliphatic rings. The van der Waals surface area contributed by atoms with E-state index in [-0.39, 0.29) is 10.8 Å². The van der Waals surface area contributed by atoms with Crippen molar-refractivity contribution in [2.24, 2.45) is 5.92 Å². The van der Waals surface area contributed by atoms with Crippen molar-refractivity contribution in [2.75, 3.05) is 0 Å². The number of aromatic nitrogens is 5. The van der Waals surface area contributed by atoms with Gasteiger partial charge in [-0.25, -0.2) is 4.98 Å².